The Morgan fingerprint density at radius 2 is 1.79 bits per heavy atom. The largest absolute Gasteiger partial charge is 0.454 e. The lowest BCUT2D eigenvalue weighted by molar-refractivity contribution is -0.121. The van der Waals surface area contributed by atoms with Crippen molar-refractivity contribution in [2.45, 2.75) is 20.4 Å². The molecule has 0 bridgehead atoms. The summed E-state index contributed by atoms with van der Waals surface area (Å²) in [5.41, 5.74) is 4.32. The van der Waals surface area contributed by atoms with E-state index in [1.54, 1.807) is 6.07 Å². The van der Waals surface area contributed by atoms with Gasteiger partial charge in [0, 0.05) is 7.05 Å². The molecule has 136 valence electrons. The number of rotatable bonds is 8. The number of amides is 2. The van der Waals surface area contributed by atoms with Gasteiger partial charge < -0.3 is 4.42 Å². The molecule has 0 fully saturated rings. The third kappa shape index (κ3) is 6.30. The molecule has 0 spiro atoms. The van der Waals surface area contributed by atoms with E-state index in [1.165, 1.54) is 13.1 Å². The molecule has 0 saturated heterocycles. The summed E-state index contributed by atoms with van der Waals surface area (Å²) in [7, 11) is -2.20. The number of likely N-dealkylation sites (N-methyl/N-ethyl adjacent to an activating group) is 1. The van der Waals surface area contributed by atoms with Crippen LogP contribution >= 0.6 is 0 Å². The molecule has 0 unspecified atom stereocenters. The van der Waals surface area contributed by atoms with E-state index in [-0.39, 0.29) is 5.76 Å². The molecule has 0 aliphatic rings. The normalized spacial score (nSPS) is 11.8. The Bertz CT molecular complexity index is 666. The molecule has 0 saturated carbocycles. The van der Waals surface area contributed by atoms with Crippen molar-refractivity contribution < 1.29 is 22.4 Å². The van der Waals surface area contributed by atoms with E-state index in [1.807, 2.05) is 13.8 Å². The molecule has 0 radical (unpaired) electrons. The van der Waals surface area contributed by atoms with Gasteiger partial charge in [0.1, 0.15) is 5.76 Å². The predicted molar refractivity (Wildman–Crippen MR) is 88.4 cm³/mol. The highest BCUT2D eigenvalue weighted by molar-refractivity contribution is 7.88. The van der Waals surface area contributed by atoms with Crippen LogP contribution in [0, 0.1) is 0 Å². The van der Waals surface area contributed by atoms with E-state index in [0.29, 0.717) is 12.3 Å². The summed E-state index contributed by atoms with van der Waals surface area (Å²) in [5, 5.41) is 0. The molecule has 2 N–H and O–H groups in total. The molecule has 10 heteroatoms. The topological polar surface area (TPSA) is 112 Å². The maximum absolute atomic E-state index is 11.9. The second-order valence-corrected chi connectivity index (χ2v) is 7.34. The summed E-state index contributed by atoms with van der Waals surface area (Å²) in [5.74, 6) is -0.566. The fraction of sp³-hybridized carbons (Fsp3) is 0.571. The number of carbonyl (C=O) groups excluding carboxylic acids is 2. The Balaban J connectivity index is 2.51. The van der Waals surface area contributed by atoms with Crippen molar-refractivity contribution in [1.29, 1.82) is 0 Å². The number of hydrogen-bond acceptors (Lipinski definition) is 6. The summed E-state index contributed by atoms with van der Waals surface area (Å²) < 4.78 is 28.7. The van der Waals surface area contributed by atoms with Crippen LogP contribution in [-0.2, 0) is 21.4 Å². The van der Waals surface area contributed by atoms with Crippen LogP contribution < -0.4 is 10.9 Å². The van der Waals surface area contributed by atoms with Crippen molar-refractivity contribution in [2.75, 3.05) is 32.9 Å². The van der Waals surface area contributed by atoms with Crippen molar-refractivity contribution in [2.24, 2.45) is 0 Å². The van der Waals surface area contributed by atoms with Crippen molar-refractivity contribution >= 4 is 21.8 Å². The molecule has 1 aromatic heterocycles. The summed E-state index contributed by atoms with van der Waals surface area (Å²) in [4.78, 5) is 25.6. The van der Waals surface area contributed by atoms with E-state index < -0.39 is 28.4 Å². The predicted octanol–water partition coefficient (Wildman–Crippen LogP) is -0.226. The minimum atomic E-state index is -3.47. The first-order valence-corrected chi connectivity index (χ1v) is 9.33. The second-order valence-electron chi connectivity index (χ2n) is 5.25. The lowest BCUT2D eigenvalue weighted by atomic mass is 10.4. The van der Waals surface area contributed by atoms with Crippen LogP contribution in [0.25, 0.3) is 0 Å². The highest BCUT2D eigenvalue weighted by Gasteiger charge is 2.17. The quantitative estimate of drug-likeness (QED) is 0.620. The SMILES string of the molecule is CCN(CC)Cc1ccc(C(=O)NNC(=O)CN(C)S(C)(=O)=O)o1. The van der Waals surface area contributed by atoms with Crippen LogP contribution in [0.4, 0.5) is 0 Å². The molecule has 1 heterocycles. The van der Waals surface area contributed by atoms with E-state index in [4.69, 9.17) is 4.42 Å². The zero-order chi connectivity index (χ0) is 18.3. The van der Waals surface area contributed by atoms with E-state index in [2.05, 4.69) is 15.8 Å². The van der Waals surface area contributed by atoms with Crippen molar-refractivity contribution in [3.63, 3.8) is 0 Å². The first-order valence-electron chi connectivity index (χ1n) is 7.48. The van der Waals surface area contributed by atoms with Gasteiger partial charge >= 0.3 is 5.91 Å². The summed E-state index contributed by atoms with van der Waals surface area (Å²) in [6.45, 7) is 5.98. The molecular formula is C14H24N4O5S. The third-order valence-electron chi connectivity index (χ3n) is 3.41. The zero-order valence-electron chi connectivity index (χ0n) is 14.3. The van der Waals surface area contributed by atoms with E-state index in [9.17, 15) is 18.0 Å². The van der Waals surface area contributed by atoms with Gasteiger partial charge in [-0.25, -0.2) is 8.42 Å². The molecule has 9 nitrogen and oxygen atoms in total. The molecule has 2 amide bonds. The molecule has 0 aromatic carbocycles. The van der Waals surface area contributed by atoms with Gasteiger partial charge in [-0.1, -0.05) is 13.8 Å². The Hall–Kier alpha value is -1.91. The Morgan fingerprint density at radius 3 is 2.33 bits per heavy atom. The first kappa shape index (κ1) is 20.1. The minimum Gasteiger partial charge on any atom is -0.454 e. The maximum Gasteiger partial charge on any atom is 0.305 e. The molecular weight excluding hydrogens is 336 g/mol. The number of hydrogen-bond donors (Lipinski definition) is 2. The highest BCUT2D eigenvalue weighted by Crippen LogP contribution is 2.10. The number of hydrazine groups is 1. The molecule has 0 aliphatic heterocycles. The standard InChI is InChI=1S/C14H24N4O5S/c1-5-18(6-2)9-11-7-8-12(23-11)14(20)16-15-13(19)10-17(3)24(4,21)22/h7-8H,5-6,9-10H2,1-4H3,(H,15,19)(H,16,20). The van der Waals surface area contributed by atoms with Crippen LogP contribution in [0.5, 0.6) is 0 Å². The van der Waals surface area contributed by atoms with Gasteiger partial charge in [-0.15, -0.1) is 0 Å². The summed E-state index contributed by atoms with van der Waals surface area (Å²) in [6.07, 6.45) is 0.985. The van der Waals surface area contributed by atoms with E-state index >= 15 is 0 Å². The van der Waals surface area contributed by atoms with Gasteiger partial charge in [0.25, 0.3) is 5.91 Å². The van der Waals surface area contributed by atoms with Gasteiger partial charge in [-0.3, -0.25) is 25.3 Å². The van der Waals surface area contributed by atoms with Crippen LogP contribution in [-0.4, -0.2) is 62.4 Å². The van der Waals surface area contributed by atoms with Crippen molar-refractivity contribution in [3.8, 4) is 0 Å². The molecule has 1 aromatic rings. The number of nitrogens with one attached hydrogen (secondary N) is 2. The maximum atomic E-state index is 11.9. The number of carbonyl (C=O) groups is 2. The second kappa shape index (κ2) is 8.81. The van der Waals surface area contributed by atoms with Crippen LogP contribution in [0.3, 0.4) is 0 Å². The zero-order valence-corrected chi connectivity index (χ0v) is 15.1. The van der Waals surface area contributed by atoms with Gasteiger partial charge in [0.2, 0.25) is 10.0 Å². The number of furan rings is 1. The number of sulfonamides is 1. The van der Waals surface area contributed by atoms with E-state index in [0.717, 1.165) is 23.7 Å². The highest BCUT2D eigenvalue weighted by atomic mass is 32.2. The van der Waals surface area contributed by atoms with Crippen molar-refractivity contribution in [3.05, 3.63) is 23.7 Å². The molecule has 0 atom stereocenters. The first-order chi connectivity index (χ1) is 11.2. The van der Waals surface area contributed by atoms with Crippen molar-refractivity contribution in [1.82, 2.24) is 20.1 Å². The monoisotopic (exact) mass is 360 g/mol. The minimum absolute atomic E-state index is 0.0638. The summed E-state index contributed by atoms with van der Waals surface area (Å²) in [6, 6.07) is 3.22. The van der Waals surface area contributed by atoms with Crippen LogP contribution in [0.15, 0.2) is 16.5 Å². The Labute approximate surface area is 142 Å². The Morgan fingerprint density at radius 1 is 1.17 bits per heavy atom. The Kier molecular flexibility index (Phi) is 7.39. The van der Waals surface area contributed by atoms with Gasteiger partial charge in [-0.2, -0.15) is 4.31 Å². The van der Waals surface area contributed by atoms with Crippen LogP contribution in [0.2, 0.25) is 0 Å². The fourth-order valence-corrected chi connectivity index (χ4v) is 2.15. The van der Waals surface area contributed by atoms with Gasteiger partial charge in [0.15, 0.2) is 5.76 Å². The smallest absolute Gasteiger partial charge is 0.305 e. The average molecular weight is 360 g/mol. The number of nitrogens with zero attached hydrogens (tertiary/aromatic N) is 2. The fourth-order valence-electron chi connectivity index (χ4n) is 1.80. The molecule has 0 aliphatic carbocycles. The van der Waals surface area contributed by atoms with Gasteiger partial charge in [-0.05, 0) is 25.2 Å². The lowest BCUT2D eigenvalue weighted by Crippen LogP contribution is -2.46. The summed E-state index contributed by atoms with van der Waals surface area (Å²) >= 11 is 0. The van der Waals surface area contributed by atoms with Gasteiger partial charge in [0.05, 0.1) is 19.3 Å². The molecule has 1 rings (SSSR count). The average Bonchev–Trinajstić information content (AvgIpc) is 2.97. The van der Waals surface area contributed by atoms with Crippen LogP contribution in [0.1, 0.15) is 30.2 Å². The lowest BCUT2D eigenvalue weighted by Gasteiger charge is -2.15. The molecule has 24 heavy (non-hydrogen) atoms. The third-order valence-corrected chi connectivity index (χ3v) is 4.67.